The molecular formula is C7H4Br3N3. The second kappa shape index (κ2) is 4.46. The van der Waals surface area contributed by atoms with Crippen LogP contribution in [0.5, 0.6) is 0 Å². The number of halogens is 3. The van der Waals surface area contributed by atoms with Gasteiger partial charge in [0.15, 0.2) is 0 Å². The molecule has 0 amide bonds. The van der Waals surface area contributed by atoms with E-state index in [0.717, 1.165) is 19.0 Å². The number of hydrogen-bond donors (Lipinski definition) is 0. The number of nitrogens with zero attached hydrogens (tertiary/aromatic N) is 3. The van der Waals surface area contributed by atoms with E-state index < -0.39 is 0 Å². The van der Waals surface area contributed by atoms with Crippen molar-refractivity contribution >= 4 is 53.5 Å². The minimum Gasteiger partial charge on any atom is -0.0584 e. The molecule has 0 bridgehead atoms. The van der Waals surface area contributed by atoms with E-state index in [1.54, 1.807) is 0 Å². The lowest BCUT2D eigenvalue weighted by atomic mass is 10.2. The van der Waals surface area contributed by atoms with Crippen molar-refractivity contribution in [3.05, 3.63) is 35.5 Å². The zero-order valence-electron chi connectivity index (χ0n) is 6.55. The maximum absolute atomic E-state index is 8.33. The predicted octanol–water partition coefficient (Wildman–Crippen LogP) is 5.22. The Morgan fingerprint density at radius 2 is 1.92 bits per heavy atom. The van der Waals surface area contributed by atoms with E-state index in [9.17, 15) is 0 Å². The Kier molecular flexibility index (Phi) is 3.79. The van der Waals surface area contributed by atoms with Crippen LogP contribution in [-0.2, 0) is 0 Å². The van der Waals surface area contributed by atoms with Crippen molar-refractivity contribution in [2.45, 2.75) is 6.92 Å². The molecule has 0 fully saturated rings. The summed E-state index contributed by atoms with van der Waals surface area (Å²) in [5, 5.41) is 3.57. The van der Waals surface area contributed by atoms with Crippen molar-refractivity contribution in [1.29, 1.82) is 0 Å². The van der Waals surface area contributed by atoms with E-state index in [1.807, 2.05) is 13.0 Å². The third kappa shape index (κ3) is 2.26. The van der Waals surface area contributed by atoms with Crippen LogP contribution in [0.4, 0.5) is 5.69 Å². The van der Waals surface area contributed by atoms with Crippen LogP contribution in [0.1, 0.15) is 5.56 Å². The van der Waals surface area contributed by atoms with Crippen LogP contribution in [0.15, 0.2) is 24.6 Å². The highest BCUT2D eigenvalue weighted by atomic mass is 79.9. The van der Waals surface area contributed by atoms with Gasteiger partial charge in [-0.3, -0.25) is 0 Å². The molecule has 0 unspecified atom stereocenters. The lowest BCUT2D eigenvalue weighted by Crippen LogP contribution is -1.80. The maximum Gasteiger partial charge on any atom is 0.0662 e. The van der Waals surface area contributed by atoms with E-state index in [4.69, 9.17) is 5.53 Å². The van der Waals surface area contributed by atoms with Gasteiger partial charge in [-0.15, -0.1) is 0 Å². The van der Waals surface area contributed by atoms with Gasteiger partial charge in [0.2, 0.25) is 0 Å². The molecule has 1 aromatic carbocycles. The summed E-state index contributed by atoms with van der Waals surface area (Å²) in [6.45, 7) is 1.93. The molecule has 68 valence electrons. The first-order valence-electron chi connectivity index (χ1n) is 3.27. The molecule has 13 heavy (non-hydrogen) atoms. The van der Waals surface area contributed by atoms with Crippen molar-refractivity contribution in [2.75, 3.05) is 0 Å². The van der Waals surface area contributed by atoms with E-state index in [-0.39, 0.29) is 0 Å². The summed E-state index contributed by atoms with van der Waals surface area (Å²) < 4.78 is 2.52. The van der Waals surface area contributed by atoms with E-state index >= 15 is 0 Å². The Morgan fingerprint density at radius 1 is 1.31 bits per heavy atom. The average molecular weight is 370 g/mol. The first kappa shape index (κ1) is 11.0. The van der Waals surface area contributed by atoms with Gasteiger partial charge in [-0.05, 0) is 40.0 Å². The van der Waals surface area contributed by atoms with Crippen molar-refractivity contribution in [2.24, 2.45) is 5.11 Å². The van der Waals surface area contributed by atoms with Gasteiger partial charge in [0.1, 0.15) is 0 Å². The molecule has 0 aliphatic heterocycles. The van der Waals surface area contributed by atoms with E-state index in [0.29, 0.717) is 5.69 Å². The van der Waals surface area contributed by atoms with Crippen LogP contribution in [0.3, 0.4) is 0 Å². The first-order valence-corrected chi connectivity index (χ1v) is 5.65. The van der Waals surface area contributed by atoms with E-state index in [1.165, 1.54) is 0 Å². The summed E-state index contributed by atoms with van der Waals surface area (Å²) in [6.07, 6.45) is 0. The zero-order valence-corrected chi connectivity index (χ0v) is 11.3. The standard InChI is InChI=1S/C7H4Br3N3/c1-3-4(8)2-5(9)7(6(3)10)12-13-11/h2H,1H3. The summed E-state index contributed by atoms with van der Waals surface area (Å²) in [7, 11) is 0. The fraction of sp³-hybridized carbons (Fsp3) is 0.143. The average Bonchev–Trinajstić information content (AvgIpc) is 2.09. The summed E-state index contributed by atoms with van der Waals surface area (Å²) in [4.78, 5) is 2.75. The SMILES string of the molecule is Cc1c(Br)cc(Br)c(N=[N+]=[N-])c1Br. The molecule has 0 N–H and O–H groups in total. The highest BCUT2D eigenvalue weighted by Crippen LogP contribution is 2.39. The first-order chi connectivity index (χ1) is 6.07. The minimum absolute atomic E-state index is 0.572. The Labute approximate surface area is 101 Å². The smallest absolute Gasteiger partial charge is 0.0584 e. The molecule has 3 nitrogen and oxygen atoms in total. The zero-order chi connectivity index (χ0) is 10.0. The Bertz CT molecular complexity index is 396. The topological polar surface area (TPSA) is 48.8 Å². The Morgan fingerprint density at radius 3 is 2.46 bits per heavy atom. The monoisotopic (exact) mass is 367 g/mol. The molecular weight excluding hydrogens is 366 g/mol. The fourth-order valence-electron chi connectivity index (χ4n) is 0.812. The summed E-state index contributed by atoms with van der Waals surface area (Å²) in [6, 6.07) is 1.85. The predicted molar refractivity (Wildman–Crippen MR) is 63.1 cm³/mol. The van der Waals surface area contributed by atoms with Crippen LogP contribution in [0.25, 0.3) is 10.4 Å². The van der Waals surface area contributed by atoms with Crippen molar-refractivity contribution in [3.63, 3.8) is 0 Å². The van der Waals surface area contributed by atoms with Gasteiger partial charge < -0.3 is 0 Å². The van der Waals surface area contributed by atoms with Gasteiger partial charge in [-0.1, -0.05) is 37.0 Å². The van der Waals surface area contributed by atoms with Gasteiger partial charge in [0.05, 0.1) is 5.69 Å². The minimum atomic E-state index is 0.572. The van der Waals surface area contributed by atoms with Gasteiger partial charge >= 0.3 is 0 Å². The highest BCUT2D eigenvalue weighted by molar-refractivity contribution is 9.11. The van der Waals surface area contributed by atoms with Crippen LogP contribution in [0, 0.1) is 6.92 Å². The van der Waals surface area contributed by atoms with E-state index in [2.05, 4.69) is 57.8 Å². The van der Waals surface area contributed by atoms with Crippen LogP contribution in [-0.4, -0.2) is 0 Å². The molecule has 0 radical (unpaired) electrons. The second-order valence-electron chi connectivity index (χ2n) is 2.32. The fourth-order valence-corrected chi connectivity index (χ4v) is 3.09. The van der Waals surface area contributed by atoms with Crippen molar-refractivity contribution < 1.29 is 0 Å². The van der Waals surface area contributed by atoms with Crippen LogP contribution >= 0.6 is 47.8 Å². The third-order valence-corrected chi connectivity index (χ3v) is 3.92. The number of hydrogen-bond acceptors (Lipinski definition) is 1. The van der Waals surface area contributed by atoms with Crippen LogP contribution < -0.4 is 0 Å². The number of azide groups is 1. The molecule has 0 aliphatic carbocycles. The summed E-state index contributed by atoms with van der Waals surface area (Å²) in [5.74, 6) is 0. The molecule has 0 atom stereocenters. The molecule has 0 heterocycles. The van der Waals surface area contributed by atoms with Crippen molar-refractivity contribution in [1.82, 2.24) is 0 Å². The number of rotatable bonds is 1. The van der Waals surface area contributed by atoms with Gasteiger partial charge in [-0.25, -0.2) is 0 Å². The second-order valence-corrected chi connectivity index (χ2v) is 4.82. The Hall–Kier alpha value is -0.0300. The quantitative estimate of drug-likeness (QED) is 0.370. The maximum atomic E-state index is 8.33. The van der Waals surface area contributed by atoms with Gasteiger partial charge in [0.25, 0.3) is 0 Å². The summed E-state index contributed by atoms with van der Waals surface area (Å²) in [5.41, 5.74) is 9.91. The molecule has 0 aliphatic rings. The molecule has 0 spiro atoms. The third-order valence-electron chi connectivity index (χ3n) is 1.52. The number of benzene rings is 1. The van der Waals surface area contributed by atoms with Crippen molar-refractivity contribution in [3.8, 4) is 0 Å². The molecule has 1 aromatic rings. The molecule has 0 saturated carbocycles. The largest absolute Gasteiger partial charge is 0.0662 e. The van der Waals surface area contributed by atoms with Gasteiger partial charge in [-0.2, -0.15) is 0 Å². The molecule has 6 heteroatoms. The lowest BCUT2D eigenvalue weighted by molar-refractivity contribution is 1.33. The molecule has 1 rings (SSSR count). The molecule has 0 aromatic heterocycles. The Balaban J connectivity index is 3.52. The van der Waals surface area contributed by atoms with Crippen LogP contribution in [0.2, 0.25) is 0 Å². The lowest BCUT2D eigenvalue weighted by Gasteiger charge is -2.06. The highest BCUT2D eigenvalue weighted by Gasteiger charge is 2.09. The molecule has 0 saturated heterocycles. The van der Waals surface area contributed by atoms with Gasteiger partial charge in [0, 0.05) is 18.3 Å². The summed E-state index contributed by atoms with van der Waals surface area (Å²) >= 11 is 10.1. The normalized spacial score (nSPS) is 9.54.